The molecular formula is C20H31N3O. The van der Waals surface area contributed by atoms with E-state index in [1.807, 2.05) is 43.3 Å². The molecule has 0 radical (unpaired) electrons. The Hall–Kier alpha value is -1.91. The third kappa shape index (κ3) is 5.95. The molecule has 0 spiro atoms. The first-order valence-electron chi connectivity index (χ1n) is 8.46. The van der Waals surface area contributed by atoms with E-state index in [4.69, 9.17) is 5.73 Å². The molecule has 0 saturated carbocycles. The van der Waals surface area contributed by atoms with E-state index in [0.29, 0.717) is 12.5 Å². The van der Waals surface area contributed by atoms with Gasteiger partial charge in [-0.15, -0.1) is 13.2 Å². The summed E-state index contributed by atoms with van der Waals surface area (Å²) in [4.78, 5) is 14.7. The lowest BCUT2D eigenvalue weighted by molar-refractivity contribution is -0.122. The highest BCUT2D eigenvalue weighted by atomic mass is 16.2. The number of benzene rings is 1. The van der Waals surface area contributed by atoms with Crippen molar-refractivity contribution in [3.63, 3.8) is 0 Å². The third-order valence-electron chi connectivity index (χ3n) is 4.17. The first-order chi connectivity index (χ1) is 11.4. The van der Waals surface area contributed by atoms with Crippen LogP contribution in [0.25, 0.3) is 0 Å². The van der Waals surface area contributed by atoms with Crippen LogP contribution in [0.4, 0.5) is 0 Å². The Bertz CT molecular complexity index is 526. The smallest absolute Gasteiger partial charge is 0.241 e. The third-order valence-corrected chi connectivity index (χ3v) is 4.17. The molecule has 0 aliphatic rings. The first kappa shape index (κ1) is 20.1. The second kappa shape index (κ2) is 10.1. The number of carbonyl (C=O) groups is 1. The van der Waals surface area contributed by atoms with E-state index in [-0.39, 0.29) is 11.9 Å². The molecule has 3 N–H and O–H groups in total. The van der Waals surface area contributed by atoms with E-state index in [1.165, 1.54) is 0 Å². The average molecular weight is 329 g/mol. The Balaban J connectivity index is 2.71. The predicted octanol–water partition coefficient (Wildman–Crippen LogP) is 2.81. The maximum atomic E-state index is 12.4. The predicted molar refractivity (Wildman–Crippen MR) is 102 cm³/mol. The van der Waals surface area contributed by atoms with Crippen LogP contribution in [0.2, 0.25) is 0 Å². The van der Waals surface area contributed by atoms with Gasteiger partial charge in [-0.05, 0) is 18.4 Å². The van der Waals surface area contributed by atoms with E-state index in [1.54, 1.807) is 0 Å². The highest BCUT2D eigenvalue weighted by molar-refractivity contribution is 5.82. The van der Waals surface area contributed by atoms with Crippen molar-refractivity contribution in [3.8, 4) is 0 Å². The van der Waals surface area contributed by atoms with Crippen LogP contribution in [0.1, 0.15) is 31.0 Å². The van der Waals surface area contributed by atoms with Crippen molar-refractivity contribution in [2.45, 2.75) is 32.9 Å². The van der Waals surface area contributed by atoms with Crippen LogP contribution in [0.3, 0.4) is 0 Å². The standard InChI is InChI=1S/C20H31N3O/c1-6-12-23(13-7-2)18(15(3)4)14-22-20(24)19(21)17-10-8-16(5)9-11-17/h6-11,15,18-19H,1-2,12-14,21H2,3-5H3,(H,22,24). The van der Waals surface area contributed by atoms with E-state index in [2.05, 4.69) is 37.2 Å². The molecule has 0 saturated heterocycles. The summed E-state index contributed by atoms with van der Waals surface area (Å²) in [6.45, 7) is 16.0. The van der Waals surface area contributed by atoms with Crippen LogP contribution >= 0.6 is 0 Å². The molecule has 0 aliphatic heterocycles. The molecule has 1 amide bonds. The minimum absolute atomic E-state index is 0.151. The van der Waals surface area contributed by atoms with Gasteiger partial charge in [0, 0.05) is 25.7 Å². The van der Waals surface area contributed by atoms with Crippen LogP contribution in [0.5, 0.6) is 0 Å². The van der Waals surface area contributed by atoms with Gasteiger partial charge < -0.3 is 11.1 Å². The molecule has 4 heteroatoms. The fraction of sp³-hybridized carbons (Fsp3) is 0.450. The molecule has 2 unspecified atom stereocenters. The molecule has 132 valence electrons. The number of nitrogens with two attached hydrogens (primary N) is 1. The van der Waals surface area contributed by atoms with Crippen molar-refractivity contribution in [2.24, 2.45) is 11.7 Å². The summed E-state index contributed by atoms with van der Waals surface area (Å²) in [5, 5.41) is 3.00. The number of aryl methyl sites for hydroxylation is 1. The van der Waals surface area contributed by atoms with Gasteiger partial charge in [0.2, 0.25) is 5.91 Å². The number of hydrogen-bond acceptors (Lipinski definition) is 3. The maximum Gasteiger partial charge on any atom is 0.241 e. The summed E-state index contributed by atoms with van der Waals surface area (Å²) >= 11 is 0. The van der Waals surface area contributed by atoms with Gasteiger partial charge in [-0.1, -0.05) is 55.8 Å². The number of hydrogen-bond donors (Lipinski definition) is 2. The number of carbonyl (C=O) groups excluding carboxylic acids is 1. The molecule has 1 aromatic carbocycles. The summed E-state index contributed by atoms with van der Waals surface area (Å²) in [6.07, 6.45) is 3.75. The summed E-state index contributed by atoms with van der Waals surface area (Å²) in [5.41, 5.74) is 8.06. The van der Waals surface area contributed by atoms with Gasteiger partial charge in [0.15, 0.2) is 0 Å². The van der Waals surface area contributed by atoms with Gasteiger partial charge in [-0.3, -0.25) is 9.69 Å². The fourth-order valence-corrected chi connectivity index (χ4v) is 2.70. The van der Waals surface area contributed by atoms with E-state index >= 15 is 0 Å². The van der Waals surface area contributed by atoms with Crippen molar-refractivity contribution in [3.05, 3.63) is 60.7 Å². The second-order valence-electron chi connectivity index (χ2n) is 6.48. The number of rotatable bonds is 10. The normalized spacial score (nSPS) is 13.6. The highest BCUT2D eigenvalue weighted by Gasteiger charge is 2.22. The summed E-state index contributed by atoms with van der Waals surface area (Å²) in [5.74, 6) is 0.238. The summed E-state index contributed by atoms with van der Waals surface area (Å²) in [7, 11) is 0. The molecule has 0 heterocycles. The Morgan fingerprint density at radius 1 is 1.21 bits per heavy atom. The average Bonchev–Trinajstić information content (AvgIpc) is 2.55. The minimum atomic E-state index is -0.648. The zero-order valence-corrected chi connectivity index (χ0v) is 15.2. The molecule has 1 aromatic rings. The minimum Gasteiger partial charge on any atom is -0.353 e. The van der Waals surface area contributed by atoms with Crippen molar-refractivity contribution >= 4 is 5.91 Å². The molecule has 0 aliphatic carbocycles. The quantitative estimate of drug-likeness (QED) is 0.649. The Labute approximate surface area is 146 Å². The zero-order valence-electron chi connectivity index (χ0n) is 15.2. The highest BCUT2D eigenvalue weighted by Crippen LogP contribution is 2.13. The van der Waals surface area contributed by atoms with Gasteiger partial charge in [0.25, 0.3) is 0 Å². The first-order valence-corrected chi connectivity index (χ1v) is 8.46. The lowest BCUT2D eigenvalue weighted by Gasteiger charge is -2.33. The molecule has 4 nitrogen and oxygen atoms in total. The van der Waals surface area contributed by atoms with Gasteiger partial charge in [-0.25, -0.2) is 0 Å². The summed E-state index contributed by atoms with van der Waals surface area (Å²) < 4.78 is 0. The van der Waals surface area contributed by atoms with Crippen molar-refractivity contribution in [1.82, 2.24) is 10.2 Å². The van der Waals surface area contributed by atoms with Gasteiger partial charge in [0.1, 0.15) is 6.04 Å². The number of nitrogens with zero attached hydrogens (tertiary/aromatic N) is 1. The molecule has 1 rings (SSSR count). The SMILES string of the molecule is C=CCN(CC=C)C(CNC(=O)C(N)c1ccc(C)cc1)C(C)C. The van der Waals surface area contributed by atoms with Gasteiger partial charge >= 0.3 is 0 Å². The monoisotopic (exact) mass is 329 g/mol. The molecular weight excluding hydrogens is 298 g/mol. The largest absolute Gasteiger partial charge is 0.353 e. The Morgan fingerprint density at radius 2 is 1.75 bits per heavy atom. The van der Waals surface area contributed by atoms with Crippen molar-refractivity contribution in [2.75, 3.05) is 19.6 Å². The van der Waals surface area contributed by atoms with Gasteiger partial charge in [0.05, 0.1) is 0 Å². The van der Waals surface area contributed by atoms with Crippen LogP contribution < -0.4 is 11.1 Å². The maximum absolute atomic E-state index is 12.4. The molecule has 24 heavy (non-hydrogen) atoms. The van der Waals surface area contributed by atoms with Crippen LogP contribution in [0, 0.1) is 12.8 Å². The zero-order chi connectivity index (χ0) is 18.1. The fourth-order valence-electron chi connectivity index (χ4n) is 2.70. The lowest BCUT2D eigenvalue weighted by atomic mass is 10.0. The van der Waals surface area contributed by atoms with Crippen LogP contribution in [-0.2, 0) is 4.79 Å². The Kier molecular flexibility index (Phi) is 8.44. The lowest BCUT2D eigenvalue weighted by Crippen LogP contribution is -2.48. The molecule has 2 atom stereocenters. The molecule has 0 fully saturated rings. The van der Waals surface area contributed by atoms with Gasteiger partial charge in [-0.2, -0.15) is 0 Å². The van der Waals surface area contributed by atoms with E-state index in [0.717, 1.165) is 24.2 Å². The number of amides is 1. The van der Waals surface area contributed by atoms with Crippen LogP contribution in [-0.4, -0.2) is 36.5 Å². The molecule has 0 aromatic heterocycles. The topological polar surface area (TPSA) is 58.4 Å². The van der Waals surface area contributed by atoms with Crippen molar-refractivity contribution in [1.29, 1.82) is 0 Å². The summed E-state index contributed by atoms with van der Waals surface area (Å²) in [6, 6.07) is 7.30. The number of nitrogens with one attached hydrogen (secondary N) is 1. The van der Waals surface area contributed by atoms with Crippen molar-refractivity contribution < 1.29 is 4.79 Å². The Morgan fingerprint density at radius 3 is 2.21 bits per heavy atom. The second-order valence-corrected chi connectivity index (χ2v) is 6.48. The van der Waals surface area contributed by atoms with Crippen LogP contribution in [0.15, 0.2) is 49.6 Å². The molecule has 0 bridgehead atoms. The van der Waals surface area contributed by atoms with E-state index in [9.17, 15) is 4.79 Å². The van der Waals surface area contributed by atoms with E-state index < -0.39 is 6.04 Å².